The van der Waals surface area contributed by atoms with E-state index >= 15 is 0 Å². The number of aromatic nitrogens is 3. The minimum atomic E-state index is -0.838. The van der Waals surface area contributed by atoms with Crippen molar-refractivity contribution in [1.29, 1.82) is 0 Å². The number of carbonyl (C=O) groups is 2. The molecule has 2 aromatic heterocycles. The second-order valence-corrected chi connectivity index (χ2v) is 7.14. The van der Waals surface area contributed by atoms with Crippen LogP contribution in [0.4, 0.5) is 0 Å². The number of hydrogen-bond donors (Lipinski definition) is 1. The summed E-state index contributed by atoms with van der Waals surface area (Å²) in [5.74, 6) is -0.184. The average molecular weight is 370 g/mol. The SMILES string of the molecule is Cc1cc(C)n(-c2ccc(C(=O)OC(C)C(=O)NC3CCCCC3)cn2)n1. The smallest absolute Gasteiger partial charge is 0.340 e. The van der Waals surface area contributed by atoms with Crippen molar-refractivity contribution >= 4 is 11.9 Å². The monoisotopic (exact) mass is 370 g/mol. The molecule has 1 amide bonds. The fourth-order valence-corrected chi connectivity index (χ4v) is 3.34. The molecule has 0 radical (unpaired) electrons. The van der Waals surface area contributed by atoms with Crippen molar-refractivity contribution in [3.05, 3.63) is 41.3 Å². The van der Waals surface area contributed by atoms with Crippen LogP contribution >= 0.6 is 0 Å². The lowest BCUT2D eigenvalue weighted by Crippen LogP contribution is -2.42. The Labute approximate surface area is 159 Å². The van der Waals surface area contributed by atoms with Crippen molar-refractivity contribution in [3.63, 3.8) is 0 Å². The molecule has 1 aliphatic rings. The van der Waals surface area contributed by atoms with E-state index in [1.165, 1.54) is 12.6 Å². The number of hydrogen-bond acceptors (Lipinski definition) is 5. The van der Waals surface area contributed by atoms with Crippen LogP contribution in [-0.2, 0) is 9.53 Å². The van der Waals surface area contributed by atoms with E-state index in [1.54, 1.807) is 23.7 Å². The van der Waals surface area contributed by atoms with Crippen LogP contribution in [0.25, 0.3) is 5.82 Å². The molecule has 27 heavy (non-hydrogen) atoms. The summed E-state index contributed by atoms with van der Waals surface area (Å²) in [4.78, 5) is 28.8. The number of esters is 1. The third kappa shape index (κ3) is 4.72. The Hall–Kier alpha value is -2.70. The zero-order valence-electron chi connectivity index (χ0n) is 16.1. The van der Waals surface area contributed by atoms with E-state index in [0.717, 1.165) is 37.1 Å². The van der Waals surface area contributed by atoms with Crippen LogP contribution in [0, 0.1) is 13.8 Å². The van der Waals surface area contributed by atoms with E-state index < -0.39 is 12.1 Å². The molecule has 1 N–H and O–H groups in total. The fraction of sp³-hybridized carbons (Fsp3) is 0.500. The second-order valence-electron chi connectivity index (χ2n) is 7.14. The van der Waals surface area contributed by atoms with Gasteiger partial charge in [-0.3, -0.25) is 4.79 Å². The van der Waals surface area contributed by atoms with Crippen molar-refractivity contribution in [1.82, 2.24) is 20.1 Å². The van der Waals surface area contributed by atoms with E-state index in [2.05, 4.69) is 15.4 Å². The first kappa shape index (κ1) is 19.1. The quantitative estimate of drug-likeness (QED) is 0.818. The number of nitrogens with zero attached hydrogens (tertiary/aromatic N) is 3. The zero-order valence-corrected chi connectivity index (χ0v) is 16.1. The first-order valence-corrected chi connectivity index (χ1v) is 9.45. The van der Waals surface area contributed by atoms with Gasteiger partial charge in [0.05, 0.1) is 11.3 Å². The molecule has 1 atom stereocenters. The Morgan fingerprint density at radius 2 is 1.96 bits per heavy atom. The maximum absolute atomic E-state index is 12.3. The third-order valence-corrected chi connectivity index (χ3v) is 4.81. The van der Waals surface area contributed by atoms with Gasteiger partial charge in [0.15, 0.2) is 11.9 Å². The van der Waals surface area contributed by atoms with Crippen LogP contribution in [-0.4, -0.2) is 38.8 Å². The molecule has 7 heteroatoms. The summed E-state index contributed by atoms with van der Waals surface area (Å²) in [6, 6.07) is 5.49. The summed E-state index contributed by atoms with van der Waals surface area (Å²) in [6.07, 6.45) is 6.07. The Morgan fingerprint density at radius 1 is 1.22 bits per heavy atom. The predicted octanol–water partition coefficient (Wildman–Crippen LogP) is 2.88. The highest BCUT2D eigenvalue weighted by Gasteiger charge is 2.23. The van der Waals surface area contributed by atoms with Crippen molar-refractivity contribution < 1.29 is 14.3 Å². The zero-order chi connectivity index (χ0) is 19.4. The summed E-state index contributed by atoms with van der Waals surface area (Å²) in [5, 5.41) is 7.34. The van der Waals surface area contributed by atoms with Crippen molar-refractivity contribution in [2.24, 2.45) is 0 Å². The van der Waals surface area contributed by atoms with Gasteiger partial charge in [0.2, 0.25) is 0 Å². The van der Waals surface area contributed by atoms with Crippen LogP contribution in [0.15, 0.2) is 24.4 Å². The van der Waals surface area contributed by atoms with Crippen molar-refractivity contribution in [2.45, 2.75) is 65.0 Å². The van der Waals surface area contributed by atoms with Gasteiger partial charge in [-0.15, -0.1) is 0 Å². The second kappa shape index (κ2) is 8.33. The summed E-state index contributed by atoms with van der Waals surface area (Å²) in [5.41, 5.74) is 2.16. The lowest BCUT2D eigenvalue weighted by Gasteiger charge is -2.24. The van der Waals surface area contributed by atoms with Gasteiger partial charge < -0.3 is 10.1 Å². The van der Waals surface area contributed by atoms with Crippen LogP contribution in [0.1, 0.15) is 60.8 Å². The predicted molar refractivity (Wildman–Crippen MR) is 101 cm³/mol. The number of nitrogens with one attached hydrogen (secondary N) is 1. The summed E-state index contributed by atoms with van der Waals surface area (Å²) < 4.78 is 7.01. The molecule has 0 aliphatic heterocycles. The normalized spacial score (nSPS) is 16.0. The van der Waals surface area contributed by atoms with Gasteiger partial charge in [-0.05, 0) is 51.8 Å². The first-order valence-electron chi connectivity index (χ1n) is 9.45. The third-order valence-electron chi connectivity index (χ3n) is 4.81. The summed E-state index contributed by atoms with van der Waals surface area (Å²) in [6.45, 7) is 5.44. The van der Waals surface area contributed by atoms with Gasteiger partial charge in [-0.1, -0.05) is 19.3 Å². The van der Waals surface area contributed by atoms with Gasteiger partial charge in [0, 0.05) is 17.9 Å². The van der Waals surface area contributed by atoms with E-state index in [1.807, 2.05) is 19.9 Å². The number of aryl methyl sites for hydroxylation is 2. The standard InChI is InChI=1S/C20H26N4O3/c1-13-11-14(2)24(23-13)18-10-9-16(12-21-18)20(26)27-15(3)19(25)22-17-7-5-4-6-8-17/h9-12,15,17H,4-8H2,1-3H3,(H,22,25). The average Bonchev–Trinajstić information content (AvgIpc) is 3.00. The lowest BCUT2D eigenvalue weighted by molar-refractivity contribution is -0.130. The molecule has 0 bridgehead atoms. The number of rotatable bonds is 5. The highest BCUT2D eigenvalue weighted by atomic mass is 16.5. The summed E-state index contributed by atoms with van der Waals surface area (Å²) in [7, 11) is 0. The largest absolute Gasteiger partial charge is 0.449 e. The number of amides is 1. The van der Waals surface area contributed by atoms with Gasteiger partial charge in [-0.2, -0.15) is 5.10 Å². The number of ether oxygens (including phenoxy) is 1. The summed E-state index contributed by atoms with van der Waals surface area (Å²) >= 11 is 0. The number of pyridine rings is 1. The van der Waals surface area contributed by atoms with E-state index in [9.17, 15) is 9.59 Å². The molecular weight excluding hydrogens is 344 g/mol. The minimum Gasteiger partial charge on any atom is -0.449 e. The molecule has 1 unspecified atom stereocenters. The highest BCUT2D eigenvalue weighted by molar-refractivity contribution is 5.92. The molecule has 0 saturated heterocycles. The molecule has 1 aliphatic carbocycles. The molecule has 0 spiro atoms. The van der Waals surface area contributed by atoms with Crippen molar-refractivity contribution in [2.75, 3.05) is 0 Å². The molecular formula is C20H26N4O3. The molecule has 1 fully saturated rings. The number of carbonyl (C=O) groups excluding carboxylic acids is 2. The van der Waals surface area contributed by atoms with Crippen molar-refractivity contribution in [3.8, 4) is 5.82 Å². The molecule has 1 saturated carbocycles. The lowest BCUT2D eigenvalue weighted by atomic mass is 9.95. The van der Waals surface area contributed by atoms with Gasteiger partial charge in [0.25, 0.3) is 5.91 Å². The van der Waals surface area contributed by atoms with Crippen LogP contribution in [0.3, 0.4) is 0 Å². The molecule has 7 nitrogen and oxygen atoms in total. The molecule has 144 valence electrons. The fourth-order valence-electron chi connectivity index (χ4n) is 3.34. The van der Waals surface area contributed by atoms with Crippen LogP contribution < -0.4 is 5.32 Å². The Kier molecular flexibility index (Phi) is 5.88. The Bertz CT molecular complexity index is 807. The molecule has 3 rings (SSSR count). The minimum absolute atomic E-state index is 0.189. The van der Waals surface area contributed by atoms with E-state index in [-0.39, 0.29) is 11.9 Å². The van der Waals surface area contributed by atoms with E-state index in [4.69, 9.17) is 4.74 Å². The van der Waals surface area contributed by atoms with E-state index in [0.29, 0.717) is 11.4 Å². The highest BCUT2D eigenvalue weighted by Crippen LogP contribution is 2.17. The Morgan fingerprint density at radius 3 is 2.56 bits per heavy atom. The molecule has 0 aromatic carbocycles. The maximum atomic E-state index is 12.3. The van der Waals surface area contributed by atoms with Gasteiger partial charge >= 0.3 is 5.97 Å². The maximum Gasteiger partial charge on any atom is 0.340 e. The topological polar surface area (TPSA) is 86.1 Å². The Balaban J connectivity index is 1.58. The first-order chi connectivity index (χ1) is 12.9. The molecule has 2 aromatic rings. The molecule has 2 heterocycles. The van der Waals surface area contributed by atoms with Gasteiger partial charge in [-0.25, -0.2) is 14.5 Å². The van der Waals surface area contributed by atoms with Gasteiger partial charge in [0.1, 0.15) is 0 Å². The van der Waals surface area contributed by atoms with Crippen LogP contribution in [0.2, 0.25) is 0 Å². The van der Waals surface area contributed by atoms with Crippen LogP contribution in [0.5, 0.6) is 0 Å².